The first-order chi connectivity index (χ1) is 9.28. The van der Waals surface area contributed by atoms with Crippen molar-refractivity contribution in [1.82, 2.24) is 15.2 Å². The fourth-order valence-corrected chi connectivity index (χ4v) is 3.74. The molecule has 1 saturated heterocycles. The highest BCUT2D eigenvalue weighted by Crippen LogP contribution is 2.31. The molecule has 1 saturated carbocycles. The summed E-state index contributed by atoms with van der Waals surface area (Å²) in [7, 11) is 0. The van der Waals surface area contributed by atoms with Gasteiger partial charge in [0.05, 0.1) is 0 Å². The van der Waals surface area contributed by atoms with Crippen molar-refractivity contribution in [2.45, 2.75) is 38.8 Å². The highest BCUT2D eigenvalue weighted by molar-refractivity contribution is 7.15. The lowest BCUT2D eigenvalue weighted by atomic mass is 10.3. The summed E-state index contributed by atoms with van der Waals surface area (Å²) in [5.74, 6) is 0. The highest BCUT2D eigenvalue weighted by Gasteiger charge is 2.31. The number of rotatable bonds is 5. The minimum Gasteiger partial charge on any atom is -0.346 e. The molecule has 0 aromatic carbocycles. The topological polar surface area (TPSA) is 31.4 Å². The van der Waals surface area contributed by atoms with Crippen molar-refractivity contribution in [3.63, 3.8) is 0 Å². The van der Waals surface area contributed by atoms with Crippen molar-refractivity contribution < 1.29 is 0 Å². The SMILES string of the molecule is CCNC(C)c1cnc(N2CCN(C3CC3)CC2)s1. The van der Waals surface area contributed by atoms with Crippen LogP contribution in [0, 0.1) is 0 Å². The molecule has 0 radical (unpaired) electrons. The van der Waals surface area contributed by atoms with E-state index in [0.29, 0.717) is 6.04 Å². The van der Waals surface area contributed by atoms with Crippen LogP contribution in [0.2, 0.25) is 0 Å². The van der Waals surface area contributed by atoms with Crippen LogP contribution in [0.3, 0.4) is 0 Å². The molecule has 2 fully saturated rings. The fourth-order valence-electron chi connectivity index (χ4n) is 2.75. The molecule has 4 nitrogen and oxygen atoms in total. The van der Waals surface area contributed by atoms with Crippen LogP contribution < -0.4 is 10.2 Å². The largest absolute Gasteiger partial charge is 0.346 e. The minimum absolute atomic E-state index is 0.420. The second-order valence-electron chi connectivity index (χ2n) is 5.58. The molecule has 1 unspecified atom stereocenters. The van der Waals surface area contributed by atoms with E-state index < -0.39 is 0 Å². The molecule has 106 valence electrons. The summed E-state index contributed by atoms with van der Waals surface area (Å²) in [6, 6.07) is 1.33. The normalized spacial score (nSPS) is 22.7. The molecule has 1 N–H and O–H groups in total. The molecule has 1 atom stereocenters. The Balaban J connectivity index is 1.57. The van der Waals surface area contributed by atoms with Crippen LogP contribution in [0.25, 0.3) is 0 Å². The van der Waals surface area contributed by atoms with Gasteiger partial charge in [-0.15, -0.1) is 11.3 Å². The number of hydrogen-bond donors (Lipinski definition) is 1. The Morgan fingerprint density at radius 2 is 2.11 bits per heavy atom. The molecular formula is C14H24N4S. The molecule has 19 heavy (non-hydrogen) atoms. The van der Waals surface area contributed by atoms with Crippen molar-refractivity contribution in [3.05, 3.63) is 11.1 Å². The zero-order chi connectivity index (χ0) is 13.2. The molecule has 1 aromatic rings. The molecular weight excluding hydrogens is 256 g/mol. The maximum Gasteiger partial charge on any atom is 0.185 e. The van der Waals surface area contributed by atoms with Gasteiger partial charge in [-0.05, 0) is 26.3 Å². The smallest absolute Gasteiger partial charge is 0.185 e. The molecule has 1 aromatic heterocycles. The predicted octanol–water partition coefficient (Wildman–Crippen LogP) is 2.10. The van der Waals surface area contributed by atoms with Gasteiger partial charge in [0.1, 0.15) is 0 Å². The van der Waals surface area contributed by atoms with Crippen LogP contribution in [-0.4, -0.2) is 48.6 Å². The maximum absolute atomic E-state index is 4.61. The highest BCUT2D eigenvalue weighted by atomic mass is 32.1. The third kappa shape index (κ3) is 3.09. The van der Waals surface area contributed by atoms with Crippen LogP contribution in [0.5, 0.6) is 0 Å². The van der Waals surface area contributed by atoms with E-state index in [9.17, 15) is 0 Å². The Morgan fingerprint density at radius 1 is 1.37 bits per heavy atom. The monoisotopic (exact) mass is 280 g/mol. The van der Waals surface area contributed by atoms with Crippen molar-refractivity contribution in [1.29, 1.82) is 0 Å². The zero-order valence-electron chi connectivity index (χ0n) is 11.9. The molecule has 1 aliphatic carbocycles. The van der Waals surface area contributed by atoms with E-state index in [-0.39, 0.29) is 0 Å². The van der Waals surface area contributed by atoms with E-state index in [2.05, 4.69) is 33.9 Å². The van der Waals surface area contributed by atoms with Crippen LogP contribution in [0.4, 0.5) is 5.13 Å². The second-order valence-corrected chi connectivity index (χ2v) is 6.62. The van der Waals surface area contributed by atoms with Crippen molar-refractivity contribution in [3.8, 4) is 0 Å². The lowest BCUT2D eigenvalue weighted by molar-refractivity contribution is 0.248. The van der Waals surface area contributed by atoms with Gasteiger partial charge < -0.3 is 10.2 Å². The summed E-state index contributed by atoms with van der Waals surface area (Å²) >= 11 is 1.85. The third-order valence-corrected chi connectivity index (χ3v) is 5.34. The summed E-state index contributed by atoms with van der Waals surface area (Å²) in [6.45, 7) is 10.1. The van der Waals surface area contributed by atoms with E-state index in [1.807, 2.05) is 17.5 Å². The molecule has 2 heterocycles. The van der Waals surface area contributed by atoms with Gasteiger partial charge in [-0.2, -0.15) is 0 Å². The Labute approximate surface area is 119 Å². The first-order valence-electron chi connectivity index (χ1n) is 7.46. The van der Waals surface area contributed by atoms with E-state index in [1.54, 1.807) is 0 Å². The van der Waals surface area contributed by atoms with E-state index in [4.69, 9.17) is 0 Å². The van der Waals surface area contributed by atoms with Crippen LogP contribution in [0.1, 0.15) is 37.6 Å². The quantitative estimate of drug-likeness (QED) is 0.895. The second kappa shape index (κ2) is 5.77. The summed E-state index contributed by atoms with van der Waals surface area (Å²) < 4.78 is 0. The standard InChI is InChI=1S/C14H24N4S/c1-3-15-11(2)13-10-16-14(19-13)18-8-6-17(7-9-18)12-4-5-12/h10-12,15H,3-9H2,1-2H3. The Hall–Kier alpha value is -0.650. The van der Waals surface area contributed by atoms with Gasteiger partial charge in [0.25, 0.3) is 0 Å². The van der Waals surface area contributed by atoms with Crippen LogP contribution in [0.15, 0.2) is 6.20 Å². The number of nitrogens with zero attached hydrogens (tertiary/aromatic N) is 3. The van der Waals surface area contributed by atoms with Crippen LogP contribution in [-0.2, 0) is 0 Å². The summed E-state index contributed by atoms with van der Waals surface area (Å²) in [5, 5.41) is 4.66. The van der Waals surface area contributed by atoms with Gasteiger partial charge in [-0.3, -0.25) is 4.90 Å². The Kier molecular flexibility index (Phi) is 4.05. The summed E-state index contributed by atoms with van der Waals surface area (Å²) in [4.78, 5) is 11.1. The lowest BCUT2D eigenvalue weighted by Gasteiger charge is -2.34. The molecule has 0 spiro atoms. The van der Waals surface area contributed by atoms with Crippen molar-refractivity contribution in [2.75, 3.05) is 37.6 Å². The fraction of sp³-hybridized carbons (Fsp3) is 0.786. The third-order valence-electron chi connectivity index (χ3n) is 4.10. The Bertz CT molecular complexity index is 407. The number of piperazine rings is 1. The molecule has 2 aliphatic rings. The van der Waals surface area contributed by atoms with E-state index in [1.165, 1.54) is 35.9 Å². The van der Waals surface area contributed by atoms with Gasteiger partial charge in [-0.1, -0.05) is 6.92 Å². The maximum atomic E-state index is 4.61. The van der Waals surface area contributed by atoms with Crippen molar-refractivity contribution >= 4 is 16.5 Å². The number of aromatic nitrogens is 1. The van der Waals surface area contributed by atoms with Gasteiger partial charge >= 0.3 is 0 Å². The lowest BCUT2D eigenvalue weighted by Crippen LogP contribution is -2.47. The van der Waals surface area contributed by atoms with Gasteiger partial charge in [-0.25, -0.2) is 4.98 Å². The minimum atomic E-state index is 0.420. The number of thiazole rings is 1. The number of hydrogen-bond acceptors (Lipinski definition) is 5. The average Bonchev–Trinajstić information content (AvgIpc) is 3.16. The molecule has 1 aliphatic heterocycles. The van der Waals surface area contributed by atoms with Gasteiger partial charge in [0, 0.05) is 49.3 Å². The number of anilines is 1. The van der Waals surface area contributed by atoms with Gasteiger partial charge in [0.15, 0.2) is 5.13 Å². The molecule has 3 rings (SSSR count). The average molecular weight is 280 g/mol. The van der Waals surface area contributed by atoms with Crippen molar-refractivity contribution in [2.24, 2.45) is 0 Å². The molecule has 5 heteroatoms. The van der Waals surface area contributed by atoms with Crippen LogP contribution >= 0.6 is 11.3 Å². The number of nitrogens with one attached hydrogen (secondary N) is 1. The predicted molar refractivity (Wildman–Crippen MR) is 81.0 cm³/mol. The van der Waals surface area contributed by atoms with Gasteiger partial charge in [0.2, 0.25) is 0 Å². The van der Waals surface area contributed by atoms with E-state index >= 15 is 0 Å². The first-order valence-corrected chi connectivity index (χ1v) is 8.27. The zero-order valence-corrected chi connectivity index (χ0v) is 12.7. The Morgan fingerprint density at radius 3 is 2.74 bits per heavy atom. The van der Waals surface area contributed by atoms with E-state index in [0.717, 1.165) is 25.7 Å². The first kappa shape index (κ1) is 13.3. The summed E-state index contributed by atoms with van der Waals surface area (Å²) in [5.41, 5.74) is 0. The summed E-state index contributed by atoms with van der Waals surface area (Å²) in [6.07, 6.45) is 4.88. The molecule has 0 amide bonds. The molecule has 0 bridgehead atoms.